The summed E-state index contributed by atoms with van der Waals surface area (Å²) in [6.45, 7) is 2.12. The Bertz CT molecular complexity index is 1000. The molecule has 1 aromatic heterocycles. The maximum atomic E-state index is 12.7. The van der Waals surface area contributed by atoms with E-state index in [-0.39, 0.29) is 18.7 Å². The number of benzene rings is 2. The highest BCUT2D eigenvalue weighted by atomic mass is 35.5. The first-order chi connectivity index (χ1) is 12.6. The fraction of sp³-hybridized carbons (Fsp3) is 0.211. The number of methoxy groups -OCH3 is 1. The van der Waals surface area contributed by atoms with Crippen molar-refractivity contribution in [2.75, 3.05) is 13.9 Å². The lowest BCUT2D eigenvalue weighted by Gasteiger charge is -2.14. The van der Waals surface area contributed by atoms with Gasteiger partial charge in [0.05, 0.1) is 18.2 Å². The number of amides is 1. The quantitative estimate of drug-likeness (QED) is 0.697. The Morgan fingerprint density at radius 1 is 1.27 bits per heavy atom. The predicted octanol–water partition coefficient (Wildman–Crippen LogP) is 4.78. The number of halogens is 1. The van der Waals surface area contributed by atoms with Crippen molar-refractivity contribution < 1.29 is 19.0 Å². The van der Waals surface area contributed by atoms with Crippen LogP contribution in [0.15, 0.2) is 36.4 Å². The van der Waals surface area contributed by atoms with Gasteiger partial charge in [-0.25, -0.2) is 0 Å². The molecule has 5 nitrogen and oxygen atoms in total. The molecule has 1 amide bonds. The molecule has 1 aliphatic rings. The summed E-state index contributed by atoms with van der Waals surface area (Å²) >= 11 is 7.80. The number of thiophene rings is 1. The zero-order chi connectivity index (χ0) is 18.3. The van der Waals surface area contributed by atoms with Gasteiger partial charge in [-0.1, -0.05) is 23.7 Å². The summed E-state index contributed by atoms with van der Waals surface area (Å²) in [5.41, 5.74) is 0.954. The standard InChI is InChI=1S/C19H16ClNO4S/c1-10(11-4-3-5-12(6-11)23-2)21-19(22)18-17(20)13-7-14-15(25-9-24-14)8-16(13)26-18/h3-8,10H,9H2,1-2H3,(H,21,22)/t10-/m0/s1. The van der Waals surface area contributed by atoms with Crippen molar-refractivity contribution in [2.24, 2.45) is 0 Å². The maximum Gasteiger partial charge on any atom is 0.263 e. The molecule has 7 heteroatoms. The minimum Gasteiger partial charge on any atom is -0.497 e. The van der Waals surface area contributed by atoms with E-state index < -0.39 is 0 Å². The monoisotopic (exact) mass is 389 g/mol. The molecule has 1 atom stereocenters. The second-order valence-corrected chi connectivity index (χ2v) is 7.35. The van der Waals surface area contributed by atoms with Gasteiger partial charge in [-0.05, 0) is 30.7 Å². The van der Waals surface area contributed by atoms with Crippen LogP contribution in [0.1, 0.15) is 28.2 Å². The van der Waals surface area contributed by atoms with Crippen LogP contribution < -0.4 is 19.5 Å². The Labute approximate surface area is 159 Å². The third-order valence-electron chi connectivity index (χ3n) is 4.27. The molecule has 1 aliphatic heterocycles. The molecule has 0 radical (unpaired) electrons. The zero-order valence-electron chi connectivity index (χ0n) is 14.2. The first-order valence-electron chi connectivity index (χ1n) is 8.03. The molecule has 3 aromatic rings. The van der Waals surface area contributed by atoms with Crippen molar-refractivity contribution in [3.05, 3.63) is 51.9 Å². The summed E-state index contributed by atoms with van der Waals surface area (Å²) in [6.07, 6.45) is 0. The lowest BCUT2D eigenvalue weighted by molar-refractivity contribution is 0.0944. The molecular weight excluding hydrogens is 374 g/mol. The minimum absolute atomic E-state index is 0.185. The number of hydrogen-bond acceptors (Lipinski definition) is 5. The van der Waals surface area contributed by atoms with Crippen LogP contribution in [0, 0.1) is 0 Å². The SMILES string of the molecule is COc1cccc([C@H](C)NC(=O)c2sc3cc4c(cc3c2Cl)OCO4)c1. The van der Waals surface area contributed by atoms with Gasteiger partial charge in [0, 0.05) is 16.2 Å². The zero-order valence-corrected chi connectivity index (χ0v) is 15.7. The molecule has 1 N–H and O–H groups in total. The molecule has 0 fully saturated rings. The molecule has 0 saturated heterocycles. The highest BCUT2D eigenvalue weighted by Crippen LogP contribution is 2.43. The van der Waals surface area contributed by atoms with Gasteiger partial charge in [-0.15, -0.1) is 11.3 Å². The average Bonchev–Trinajstić information content (AvgIpc) is 3.24. The molecule has 26 heavy (non-hydrogen) atoms. The van der Waals surface area contributed by atoms with Gasteiger partial charge in [0.1, 0.15) is 10.6 Å². The van der Waals surface area contributed by atoms with Crippen molar-refractivity contribution in [2.45, 2.75) is 13.0 Å². The number of hydrogen-bond donors (Lipinski definition) is 1. The summed E-state index contributed by atoms with van der Waals surface area (Å²) in [5.74, 6) is 1.85. The largest absolute Gasteiger partial charge is 0.497 e. The molecule has 4 rings (SSSR count). The van der Waals surface area contributed by atoms with E-state index in [4.69, 9.17) is 25.8 Å². The third kappa shape index (κ3) is 2.95. The fourth-order valence-electron chi connectivity index (χ4n) is 2.86. The number of fused-ring (bicyclic) bond motifs is 2. The molecule has 0 unspecified atom stereocenters. The first-order valence-corrected chi connectivity index (χ1v) is 9.22. The van der Waals surface area contributed by atoms with E-state index in [1.165, 1.54) is 11.3 Å². The molecule has 2 aromatic carbocycles. The smallest absolute Gasteiger partial charge is 0.263 e. The normalized spacial score (nSPS) is 13.7. The van der Waals surface area contributed by atoms with Crippen LogP contribution in [0.2, 0.25) is 5.02 Å². The maximum absolute atomic E-state index is 12.7. The summed E-state index contributed by atoms with van der Waals surface area (Å²) in [4.78, 5) is 13.2. The van der Waals surface area contributed by atoms with Crippen molar-refractivity contribution in [1.29, 1.82) is 0 Å². The van der Waals surface area contributed by atoms with E-state index in [0.29, 0.717) is 21.4 Å². The highest BCUT2D eigenvalue weighted by molar-refractivity contribution is 7.21. The molecular formula is C19H16ClNO4S. The lowest BCUT2D eigenvalue weighted by atomic mass is 10.1. The van der Waals surface area contributed by atoms with Crippen LogP contribution in [0.4, 0.5) is 0 Å². The summed E-state index contributed by atoms with van der Waals surface area (Å²) in [5, 5.41) is 4.21. The Morgan fingerprint density at radius 3 is 2.81 bits per heavy atom. The van der Waals surface area contributed by atoms with Gasteiger partial charge in [0.2, 0.25) is 6.79 Å². The number of carbonyl (C=O) groups is 1. The molecule has 0 saturated carbocycles. The summed E-state index contributed by atoms with van der Waals surface area (Å²) in [7, 11) is 1.62. The van der Waals surface area contributed by atoms with Gasteiger partial charge in [0.25, 0.3) is 5.91 Å². The number of nitrogens with one attached hydrogen (secondary N) is 1. The third-order valence-corrected chi connectivity index (χ3v) is 5.93. The van der Waals surface area contributed by atoms with Crippen molar-refractivity contribution in [3.8, 4) is 17.2 Å². The van der Waals surface area contributed by atoms with Gasteiger partial charge in [-0.3, -0.25) is 4.79 Å². The van der Waals surface area contributed by atoms with E-state index in [1.54, 1.807) is 7.11 Å². The molecule has 0 spiro atoms. The molecule has 134 valence electrons. The predicted molar refractivity (Wildman–Crippen MR) is 102 cm³/mol. The van der Waals surface area contributed by atoms with E-state index in [1.807, 2.05) is 43.3 Å². The number of carbonyl (C=O) groups excluding carboxylic acids is 1. The lowest BCUT2D eigenvalue weighted by Crippen LogP contribution is -2.26. The van der Waals surface area contributed by atoms with Crippen molar-refractivity contribution in [3.63, 3.8) is 0 Å². The summed E-state index contributed by atoms with van der Waals surface area (Å²) in [6, 6.07) is 11.1. The van der Waals surface area contributed by atoms with E-state index >= 15 is 0 Å². The molecule has 0 bridgehead atoms. The minimum atomic E-state index is -0.214. The van der Waals surface area contributed by atoms with Gasteiger partial charge < -0.3 is 19.5 Å². The number of rotatable bonds is 4. The van der Waals surface area contributed by atoms with Crippen LogP contribution in [-0.4, -0.2) is 19.8 Å². The number of ether oxygens (including phenoxy) is 3. The van der Waals surface area contributed by atoms with E-state index in [2.05, 4.69) is 5.32 Å². The summed E-state index contributed by atoms with van der Waals surface area (Å²) < 4.78 is 16.9. The molecule has 2 heterocycles. The topological polar surface area (TPSA) is 56.8 Å². The molecule has 0 aliphatic carbocycles. The van der Waals surface area contributed by atoms with Crippen molar-refractivity contribution in [1.82, 2.24) is 5.32 Å². The average molecular weight is 390 g/mol. The van der Waals surface area contributed by atoms with Gasteiger partial charge in [-0.2, -0.15) is 0 Å². The fourth-order valence-corrected chi connectivity index (χ4v) is 4.28. The second kappa shape index (κ2) is 6.70. The van der Waals surface area contributed by atoms with Crippen LogP contribution >= 0.6 is 22.9 Å². The van der Waals surface area contributed by atoms with Gasteiger partial charge in [0.15, 0.2) is 11.5 Å². The van der Waals surface area contributed by atoms with Crippen LogP contribution in [0.25, 0.3) is 10.1 Å². The highest BCUT2D eigenvalue weighted by Gasteiger charge is 2.23. The van der Waals surface area contributed by atoms with E-state index in [0.717, 1.165) is 21.4 Å². The first kappa shape index (κ1) is 17.0. The Hall–Kier alpha value is -2.44. The van der Waals surface area contributed by atoms with Crippen LogP contribution in [-0.2, 0) is 0 Å². The van der Waals surface area contributed by atoms with Crippen LogP contribution in [0.3, 0.4) is 0 Å². The Kier molecular flexibility index (Phi) is 4.38. The second-order valence-electron chi connectivity index (χ2n) is 5.92. The van der Waals surface area contributed by atoms with Crippen molar-refractivity contribution >= 4 is 38.9 Å². The Balaban J connectivity index is 1.60. The van der Waals surface area contributed by atoms with Gasteiger partial charge >= 0.3 is 0 Å². The van der Waals surface area contributed by atoms with Crippen LogP contribution in [0.5, 0.6) is 17.2 Å². The van der Waals surface area contributed by atoms with E-state index in [9.17, 15) is 4.79 Å². The Morgan fingerprint density at radius 2 is 2.04 bits per heavy atom.